The predicted octanol–water partition coefficient (Wildman–Crippen LogP) is -0.249. The van der Waals surface area contributed by atoms with Crippen molar-refractivity contribution in [3.05, 3.63) is 0 Å². The Bertz CT molecular complexity index is 407. The molecule has 1 aliphatic rings. The Morgan fingerprint density at radius 2 is 1.95 bits per heavy atom. The molecule has 0 aromatic carbocycles. The van der Waals surface area contributed by atoms with Crippen LogP contribution in [0.1, 0.15) is 33.1 Å². The zero-order chi connectivity index (χ0) is 14.6. The first kappa shape index (κ1) is 15.1. The molecule has 0 aromatic rings. The largest absolute Gasteiger partial charge is 0.481 e. The first-order valence-electron chi connectivity index (χ1n) is 6.24. The molecule has 0 saturated carbocycles. The molecule has 0 bridgehead atoms. The quantitative estimate of drug-likeness (QED) is 0.648. The molecule has 1 saturated heterocycles. The maximum atomic E-state index is 12.0. The van der Waals surface area contributed by atoms with E-state index in [9.17, 15) is 19.2 Å². The molecule has 0 aromatic heterocycles. The smallest absolute Gasteiger partial charge is 0.303 e. The van der Waals surface area contributed by atoms with Gasteiger partial charge in [0.05, 0.1) is 5.92 Å². The Morgan fingerprint density at radius 1 is 1.32 bits per heavy atom. The van der Waals surface area contributed by atoms with Crippen molar-refractivity contribution in [3.63, 3.8) is 0 Å². The van der Waals surface area contributed by atoms with Gasteiger partial charge in [0.2, 0.25) is 11.8 Å². The molecule has 0 aliphatic carbocycles. The van der Waals surface area contributed by atoms with Crippen molar-refractivity contribution in [1.29, 1.82) is 0 Å². The number of carboxylic acid groups (broad SMARTS) is 1. The van der Waals surface area contributed by atoms with Gasteiger partial charge in [-0.2, -0.15) is 0 Å². The molecule has 3 amide bonds. The minimum absolute atomic E-state index is 0.0762. The number of nitrogens with zero attached hydrogens (tertiary/aromatic N) is 1. The maximum Gasteiger partial charge on any atom is 0.303 e. The van der Waals surface area contributed by atoms with E-state index in [0.29, 0.717) is 0 Å². The van der Waals surface area contributed by atoms with Crippen molar-refractivity contribution in [2.45, 2.75) is 39.2 Å². The molecule has 2 atom stereocenters. The van der Waals surface area contributed by atoms with Gasteiger partial charge in [-0.3, -0.25) is 24.1 Å². The fraction of sp³-hybridized carbons (Fsp3) is 0.667. The van der Waals surface area contributed by atoms with Gasteiger partial charge in [0.15, 0.2) is 0 Å². The van der Waals surface area contributed by atoms with Crippen LogP contribution in [0.15, 0.2) is 0 Å². The van der Waals surface area contributed by atoms with Crippen LogP contribution in [0.5, 0.6) is 0 Å². The maximum absolute atomic E-state index is 12.0. The first-order chi connectivity index (χ1) is 8.88. The van der Waals surface area contributed by atoms with Crippen molar-refractivity contribution in [1.82, 2.24) is 10.2 Å². The highest BCUT2D eigenvalue weighted by molar-refractivity contribution is 6.08. The molecule has 1 heterocycles. The second-order valence-corrected chi connectivity index (χ2v) is 4.51. The lowest BCUT2D eigenvalue weighted by Gasteiger charge is -2.14. The highest BCUT2D eigenvalue weighted by atomic mass is 16.4. The minimum Gasteiger partial charge on any atom is -0.481 e. The number of hydrogen-bond acceptors (Lipinski definition) is 4. The molecule has 19 heavy (non-hydrogen) atoms. The number of amides is 3. The summed E-state index contributed by atoms with van der Waals surface area (Å²) in [7, 11) is 0. The van der Waals surface area contributed by atoms with Gasteiger partial charge < -0.3 is 10.4 Å². The van der Waals surface area contributed by atoms with Gasteiger partial charge in [-0.05, 0) is 6.42 Å². The van der Waals surface area contributed by atoms with E-state index < -0.39 is 23.8 Å². The normalized spacial score (nSPS) is 22.7. The molecule has 7 heteroatoms. The summed E-state index contributed by atoms with van der Waals surface area (Å²) < 4.78 is 0. The Hall–Kier alpha value is -1.92. The van der Waals surface area contributed by atoms with E-state index in [1.807, 2.05) is 0 Å². The highest BCUT2D eigenvalue weighted by Crippen LogP contribution is 2.20. The SMILES string of the molecule is CCC(=O)N[C@H]1C(=O)N(CCCC(=O)O)C(=O)[C@H]1C. The number of nitrogens with one attached hydrogen (secondary N) is 1. The summed E-state index contributed by atoms with van der Waals surface area (Å²) in [6.07, 6.45) is 0.356. The fourth-order valence-corrected chi connectivity index (χ4v) is 1.95. The number of likely N-dealkylation sites (tertiary alicyclic amines) is 1. The van der Waals surface area contributed by atoms with Gasteiger partial charge in [-0.25, -0.2) is 0 Å². The van der Waals surface area contributed by atoms with Crippen LogP contribution in [-0.2, 0) is 19.2 Å². The standard InChI is InChI=1S/C12H18N2O5/c1-3-8(15)13-10-7(2)11(18)14(12(10)19)6-4-5-9(16)17/h7,10H,3-6H2,1-2H3,(H,13,15)(H,16,17)/t7-,10+/m0/s1. The molecular weight excluding hydrogens is 252 g/mol. The molecule has 106 valence electrons. The van der Waals surface area contributed by atoms with Crippen molar-refractivity contribution in [2.24, 2.45) is 5.92 Å². The Labute approximate surface area is 110 Å². The van der Waals surface area contributed by atoms with Crippen molar-refractivity contribution < 1.29 is 24.3 Å². The van der Waals surface area contributed by atoms with Crippen LogP contribution < -0.4 is 5.32 Å². The Morgan fingerprint density at radius 3 is 2.47 bits per heavy atom. The molecule has 0 radical (unpaired) electrons. The molecule has 1 rings (SSSR count). The van der Waals surface area contributed by atoms with Gasteiger partial charge >= 0.3 is 5.97 Å². The second-order valence-electron chi connectivity index (χ2n) is 4.51. The summed E-state index contributed by atoms with van der Waals surface area (Å²) >= 11 is 0. The zero-order valence-electron chi connectivity index (χ0n) is 11.0. The lowest BCUT2D eigenvalue weighted by Crippen LogP contribution is -2.43. The van der Waals surface area contributed by atoms with Gasteiger partial charge in [-0.1, -0.05) is 13.8 Å². The van der Waals surface area contributed by atoms with Gasteiger partial charge in [-0.15, -0.1) is 0 Å². The zero-order valence-corrected chi connectivity index (χ0v) is 11.0. The average molecular weight is 270 g/mol. The summed E-state index contributed by atoms with van der Waals surface area (Å²) in [6, 6.07) is -0.829. The number of hydrogen-bond donors (Lipinski definition) is 2. The van der Waals surface area contributed by atoms with E-state index in [2.05, 4.69) is 5.32 Å². The van der Waals surface area contributed by atoms with E-state index in [-0.39, 0.29) is 37.6 Å². The number of carbonyl (C=O) groups is 4. The monoisotopic (exact) mass is 270 g/mol. The van der Waals surface area contributed by atoms with Crippen molar-refractivity contribution >= 4 is 23.7 Å². The van der Waals surface area contributed by atoms with Crippen LogP contribution >= 0.6 is 0 Å². The van der Waals surface area contributed by atoms with E-state index >= 15 is 0 Å². The lowest BCUT2D eigenvalue weighted by molar-refractivity contribution is -0.142. The predicted molar refractivity (Wildman–Crippen MR) is 65.0 cm³/mol. The minimum atomic E-state index is -0.969. The molecule has 7 nitrogen and oxygen atoms in total. The van der Waals surface area contributed by atoms with E-state index in [1.165, 1.54) is 0 Å². The van der Waals surface area contributed by atoms with Crippen LogP contribution in [0.3, 0.4) is 0 Å². The van der Waals surface area contributed by atoms with Gasteiger partial charge in [0.1, 0.15) is 6.04 Å². The number of carbonyl (C=O) groups excluding carboxylic acids is 3. The van der Waals surface area contributed by atoms with Gasteiger partial charge in [0.25, 0.3) is 5.91 Å². The van der Waals surface area contributed by atoms with Crippen LogP contribution in [0.25, 0.3) is 0 Å². The third-order valence-corrected chi connectivity index (χ3v) is 3.10. The summed E-state index contributed by atoms with van der Waals surface area (Å²) in [6.45, 7) is 3.32. The lowest BCUT2D eigenvalue weighted by atomic mass is 10.1. The van der Waals surface area contributed by atoms with Gasteiger partial charge in [0, 0.05) is 19.4 Å². The molecule has 0 spiro atoms. The fourth-order valence-electron chi connectivity index (χ4n) is 1.95. The molecule has 1 fully saturated rings. The second kappa shape index (κ2) is 6.31. The van der Waals surface area contributed by atoms with Crippen LogP contribution in [0, 0.1) is 5.92 Å². The summed E-state index contributed by atoms with van der Waals surface area (Å²) in [5, 5.41) is 11.0. The van der Waals surface area contributed by atoms with Crippen LogP contribution in [0.2, 0.25) is 0 Å². The molecular formula is C12H18N2O5. The molecule has 0 unspecified atom stereocenters. The van der Waals surface area contributed by atoms with Crippen LogP contribution in [0.4, 0.5) is 0 Å². The van der Waals surface area contributed by atoms with Crippen LogP contribution in [-0.4, -0.2) is 46.3 Å². The molecule has 2 N–H and O–H groups in total. The highest BCUT2D eigenvalue weighted by Gasteiger charge is 2.45. The van der Waals surface area contributed by atoms with Crippen molar-refractivity contribution in [2.75, 3.05) is 6.54 Å². The Kier molecular flexibility index (Phi) is 5.02. The molecule has 1 aliphatic heterocycles. The number of carboxylic acids is 1. The topological polar surface area (TPSA) is 104 Å². The summed E-state index contributed by atoms with van der Waals surface area (Å²) in [5.74, 6) is -2.68. The van der Waals surface area contributed by atoms with E-state index in [1.54, 1.807) is 13.8 Å². The first-order valence-corrected chi connectivity index (χ1v) is 6.24. The van der Waals surface area contributed by atoms with E-state index in [0.717, 1.165) is 4.90 Å². The summed E-state index contributed by atoms with van der Waals surface area (Å²) in [4.78, 5) is 46.6. The number of imide groups is 1. The summed E-state index contributed by atoms with van der Waals surface area (Å²) in [5.41, 5.74) is 0. The van der Waals surface area contributed by atoms with Crippen molar-refractivity contribution in [3.8, 4) is 0 Å². The van der Waals surface area contributed by atoms with E-state index in [4.69, 9.17) is 5.11 Å². The third kappa shape index (κ3) is 3.52. The number of aliphatic carboxylic acids is 1. The third-order valence-electron chi connectivity index (χ3n) is 3.10. The Balaban J connectivity index is 2.65. The number of rotatable bonds is 6. The average Bonchev–Trinajstić information content (AvgIpc) is 2.55.